The Kier molecular flexibility index (Phi) is 3.41. The molecule has 0 aromatic heterocycles. The molecule has 98 valence electrons. The van der Waals surface area contributed by atoms with Crippen LogP contribution in [0.5, 0.6) is 0 Å². The molecule has 0 amide bonds. The second kappa shape index (κ2) is 4.84. The van der Waals surface area contributed by atoms with Gasteiger partial charge in [0.25, 0.3) is 5.69 Å². The number of nitrogens with one attached hydrogen (secondary N) is 2. The average molecular weight is 249 g/mol. The van der Waals surface area contributed by atoms with Crippen molar-refractivity contribution in [1.29, 1.82) is 0 Å². The highest BCUT2D eigenvalue weighted by Gasteiger charge is 2.31. The maximum Gasteiger partial charge on any atom is 0.273 e. The van der Waals surface area contributed by atoms with Gasteiger partial charge in [-0.25, -0.2) is 0 Å². The van der Waals surface area contributed by atoms with Gasteiger partial charge < -0.3 is 10.6 Å². The van der Waals surface area contributed by atoms with E-state index in [-0.39, 0.29) is 10.6 Å². The van der Waals surface area contributed by atoms with Gasteiger partial charge in [-0.2, -0.15) is 0 Å². The van der Waals surface area contributed by atoms with Crippen LogP contribution in [-0.2, 0) is 0 Å². The van der Waals surface area contributed by atoms with Gasteiger partial charge in [0, 0.05) is 37.1 Å². The van der Waals surface area contributed by atoms with Gasteiger partial charge in [-0.05, 0) is 24.3 Å². The molecule has 1 aromatic carbocycles. The third-order valence-corrected chi connectivity index (χ3v) is 3.70. The van der Waals surface area contributed by atoms with Crippen molar-refractivity contribution in [3.05, 3.63) is 28.3 Å². The topological polar surface area (TPSA) is 67.2 Å². The zero-order valence-corrected chi connectivity index (χ0v) is 10.8. The monoisotopic (exact) mass is 249 g/mol. The number of anilines is 2. The molecule has 2 N–H and O–H groups in total. The van der Waals surface area contributed by atoms with Crippen LogP contribution >= 0.6 is 0 Å². The Bertz CT molecular complexity index is 456. The van der Waals surface area contributed by atoms with Crippen molar-refractivity contribution in [2.45, 2.75) is 26.2 Å². The standard InChI is InChI=1S/C13H19N3O2/c1-13(4-3-5-13)9-15-11-6-10(14-2)7-12(8-11)16(17)18/h6-8,14-15H,3-5,9H2,1-2H3. The molecule has 1 saturated carbocycles. The maximum atomic E-state index is 10.8. The summed E-state index contributed by atoms with van der Waals surface area (Å²) in [6.07, 6.45) is 3.75. The minimum Gasteiger partial charge on any atom is -0.388 e. The van der Waals surface area contributed by atoms with Crippen molar-refractivity contribution < 1.29 is 4.92 Å². The Balaban J connectivity index is 2.11. The van der Waals surface area contributed by atoms with Gasteiger partial charge in [0.1, 0.15) is 0 Å². The number of hydrogen-bond donors (Lipinski definition) is 2. The van der Waals surface area contributed by atoms with E-state index in [0.717, 1.165) is 17.9 Å². The molecule has 1 aliphatic carbocycles. The summed E-state index contributed by atoms with van der Waals surface area (Å²) in [6.45, 7) is 3.12. The molecule has 5 nitrogen and oxygen atoms in total. The summed E-state index contributed by atoms with van der Waals surface area (Å²) >= 11 is 0. The van der Waals surface area contributed by atoms with Crippen LogP contribution in [0.2, 0.25) is 0 Å². The van der Waals surface area contributed by atoms with Crippen LogP contribution in [0.1, 0.15) is 26.2 Å². The predicted octanol–water partition coefficient (Wildman–Crippen LogP) is 3.24. The van der Waals surface area contributed by atoms with E-state index in [1.54, 1.807) is 13.1 Å². The summed E-state index contributed by atoms with van der Waals surface area (Å²) in [7, 11) is 1.76. The maximum absolute atomic E-state index is 10.8. The van der Waals surface area contributed by atoms with Crippen LogP contribution in [0.4, 0.5) is 17.1 Å². The second-order valence-electron chi connectivity index (χ2n) is 5.29. The molecule has 0 unspecified atom stereocenters. The van der Waals surface area contributed by atoms with E-state index in [9.17, 15) is 10.1 Å². The van der Waals surface area contributed by atoms with Crippen LogP contribution < -0.4 is 10.6 Å². The van der Waals surface area contributed by atoms with Crippen molar-refractivity contribution in [3.8, 4) is 0 Å². The van der Waals surface area contributed by atoms with Gasteiger partial charge >= 0.3 is 0 Å². The third-order valence-electron chi connectivity index (χ3n) is 3.70. The quantitative estimate of drug-likeness (QED) is 0.621. The first-order valence-corrected chi connectivity index (χ1v) is 6.24. The average Bonchev–Trinajstić information content (AvgIpc) is 2.33. The number of hydrogen-bond acceptors (Lipinski definition) is 4. The Labute approximate surface area is 107 Å². The van der Waals surface area contributed by atoms with Gasteiger partial charge in [-0.15, -0.1) is 0 Å². The summed E-state index contributed by atoms with van der Waals surface area (Å²) < 4.78 is 0. The fraction of sp³-hybridized carbons (Fsp3) is 0.538. The van der Waals surface area contributed by atoms with E-state index in [0.29, 0.717) is 5.41 Å². The van der Waals surface area contributed by atoms with Crippen molar-refractivity contribution in [3.63, 3.8) is 0 Å². The first-order valence-electron chi connectivity index (χ1n) is 6.24. The summed E-state index contributed by atoms with van der Waals surface area (Å²) in [5, 5.41) is 17.1. The molecule has 0 heterocycles. The van der Waals surface area contributed by atoms with Crippen molar-refractivity contribution in [1.82, 2.24) is 0 Å². The van der Waals surface area contributed by atoms with E-state index >= 15 is 0 Å². The fourth-order valence-electron chi connectivity index (χ4n) is 2.24. The highest BCUT2D eigenvalue weighted by Crippen LogP contribution is 2.40. The molecule has 0 radical (unpaired) electrons. The van der Waals surface area contributed by atoms with E-state index in [2.05, 4.69) is 17.6 Å². The lowest BCUT2D eigenvalue weighted by Crippen LogP contribution is -2.33. The molecular formula is C13H19N3O2. The molecule has 0 spiro atoms. The number of benzene rings is 1. The minimum absolute atomic E-state index is 0.114. The number of nitro benzene ring substituents is 1. The fourth-order valence-corrected chi connectivity index (χ4v) is 2.24. The number of rotatable bonds is 5. The Morgan fingerprint density at radius 2 is 2.00 bits per heavy atom. The zero-order chi connectivity index (χ0) is 13.2. The molecule has 0 atom stereocenters. The summed E-state index contributed by atoms with van der Waals surface area (Å²) in [5.74, 6) is 0. The second-order valence-corrected chi connectivity index (χ2v) is 5.29. The Morgan fingerprint density at radius 3 is 2.50 bits per heavy atom. The summed E-state index contributed by atoms with van der Waals surface area (Å²) in [4.78, 5) is 10.5. The normalized spacial score (nSPS) is 16.8. The van der Waals surface area contributed by atoms with Gasteiger partial charge in [0.2, 0.25) is 0 Å². The number of nitrogens with zero attached hydrogens (tertiary/aromatic N) is 1. The molecule has 0 bridgehead atoms. The largest absolute Gasteiger partial charge is 0.388 e. The lowest BCUT2D eigenvalue weighted by atomic mass is 9.70. The number of non-ortho nitro benzene ring substituents is 1. The smallest absolute Gasteiger partial charge is 0.273 e. The molecule has 1 aromatic rings. The van der Waals surface area contributed by atoms with Crippen molar-refractivity contribution in [2.75, 3.05) is 24.2 Å². The third kappa shape index (κ3) is 2.72. The van der Waals surface area contributed by atoms with Crippen LogP contribution in [-0.4, -0.2) is 18.5 Å². The van der Waals surface area contributed by atoms with Gasteiger partial charge in [-0.3, -0.25) is 10.1 Å². The van der Waals surface area contributed by atoms with E-state index in [1.165, 1.54) is 25.3 Å². The van der Waals surface area contributed by atoms with Crippen LogP contribution in [0.15, 0.2) is 18.2 Å². The van der Waals surface area contributed by atoms with E-state index < -0.39 is 0 Å². The van der Waals surface area contributed by atoms with Crippen molar-refractivity contribution >= 4 is 17.1 Å². The Morgan fingerprint density at radius 1 is 1.33 bits per heavy atom. The minimum atomic E-state index is -0.364. The first-order chi connectivity index (χ1) is 8.52. The van der Waals surface area contributed by atoms with Crippen LogP contribution in [0.3, 0.4) is 0 Å². The van der Waals surface area contributed by atoms with E-state index in [1.807, 2.05) is 6.07 Å². The zero-order valence-electron chi connectivity index (χ0n) is 10.8. The van der Waals surface area contributed by atoms with Gasteiger partial charge in [-0.1, -0.05) is 13.3 Å². The lowest BCUT2D eigenvalue weighted by Gasteiger charge is -2.38. The molecule has 1 aliphatic rings. The molecule has 5 heteroatoms. The molecule has 0 saturated heterocycles. The molecule has 0 aliphatic heterocycles. The number of nitro groups is 1. The van der Waals surface area contributed by atoms with Gasteiger partial charge in [0.05, 0.1) is 4.92 Å². The highest BCUT2D eigenvalue weighted by atomic mass is 16.6. The SMILES string of the molecule is CNc1cc(NCC2(C)CCC2)cc([N+](=O)[O-])c1. The molecular weight excluding hydrogens is 230 g/mol. The molecule has 2 rings (SSSR count). The first kappa shape index (κ1) is 12.7. The van der Waals surface area contributed by atoms with E-state index in [4.69, 9.17) is 0 Å². The van der Waals surface area contributed by atoms with Crippen molar-refractivity contribution in [2.24, 2.45) is 5.41 Å². The van der Waals surface area contributed by atoms with Crippen LogP contribution in [0.25, 0.3) is 0 Å². The molecule has 1 fully saturated rings. The van der Waals surface area contributed by atoms with Gasteiger partial charge in [0.15, 0.2) is 0 Å². The lowest BCUT2D eigenvalue weighted by molar-refractivity contribution is -0.384. The molecule has 18 heavy (non-hydrogen) atoms. The Hall–Kier alpha value is -1.78. The highest BCUT2D eigenvalue weighted by molar-refractivity contribution is 5.63. The summed E-state index contributed by atoms with van der Waals surface area (Å²) in [6, 6.07) is 5.02. The predicted molar refractivity (Wildman–Crippen MR) is 73.1 cm³/mol. The summed E-state index contributed by atoms with van der Waals surface area (Å²) in [5.41, 5.74) is 2.03. The van der Waals surface area contributed by atoms with Crippen LogP contribution in [0, 0.1) is 15.5 Å².